The van der Waals surface area contributed by atoms with Gasteiger partial charge in [0.25, 0.3) is 5.91 Å². The summed E-state index contributed by atoms with van der Waals surface area (Å²) in [5.41, 5.74) is 2.02. The van der Waals surface area contributed by atoms with Crippen LogP contribution < -0.4 is 15.4 Å². The molecule has 0 aliphatic carbocycles. The van der Waals surface area contributed by atoms with E-state index in [2.05, 4.69) is 10.6 Å². The second kappa shape index (κ2) is 12.0. The fourth-order valence-corrected chi connectivity index (χ4v) is 3.72. The van der Waals surface area contributed by atoms with Crippen LogP contribution in [0.15, 0.2) is 48.5 Å². The van der Waals surface area contributed by atoms with Crippen LogP contribution in [-0.4, -0.2) is 53.5 Å². The van der Waals surface area contributed by atoms with Crippen molar-refractivity contribution < 1.29 is 24.2 Å². The number of amides is 2. The normalized spacial score (nSPS) is 16.6. The molecular weight excluding hydrogens is 422 g/mol. The van der Waals surface area contributed by atoms with E-state index < -0.39 is 17.9 Å². The number of benzene rings is 2. The molecule has 0 spiro atoms. The van der Waals surface area contributed by atoms with Crippen molar-refractivity contribution in [1.82, 2.24) is 15.5 Å². The van der Waals surface area contributed by atoms with E-state index in [-0.39, 0.29) is 12.5 Å². The van der Waals surface area contributed by atoms with Gasteiger partial charge in [-0.05, 0) is 43.9 Å². The minimum atomic E-state index is -1.11. The average molecular weight is 454 g/mol. The molecule has 0 fully saturated rings. The number of aliphatic carboxylic acids is 1. The molecule has 0 saturated heterocycles. The van der Waals surface area contributed by atoms with Gasteiger partial charge in [-0.3, -0.25) is 19.3 Å². The predicted molar refractivity (Wildman–Crippen MR) is 124 cm³/mol. The van der Waals surface area contributed by atoms with Gasteiger partial charge in [0, 0.05) is 30.8 Å². The van der Waals surface area contributed by atoms with Crippen molar-refractivity contribution in [2.45, 2.75) is 45.3 Å². The number of ether oxygens (including phenoxy) is 1. The van der Waals surface area contributed by atoms with Gasteiger partial charge in [0.05, 0.1) is 13.2 Å². The summed E-state index contributed by atoms with van der Waals surface area (Å²) in [7, 11) is 0. The number of rotatable bonds is 5. The molecule has 1 aliphatic rings. The average Bonchev–Trinajstić information content (AvgIpc) is 2.80. The van der Waals surface area contributed by atoms with E-state index in [9.17, 15) is 19.5 Å². The first kappa shape index (κ1) is 24.3. The molecule has 8 heteroatoms. The smallest absolute Gasteiger partial charge is 0.325 e. The standard InChI is InChI=1S/C25H31N3O5/c1-18(25(31)32)27-24(30)20-11-8-12-22-21(20)16-28(15-19-9-4-2-5-10-19)17-23(29)26-13-6-3-7-14-33-22/h2,4-5,8-12,18H,3,6-7,13-17H2,1H3,(H,26,29)(H,27,30)(H,31,32)/t18-/m0/s1. The fourth-order valence-electron chi connectivity index (χ4n) is 3.72. The van der Waals surface area contributed by atoms with Crippen LogP contribution in [0, 0.1) is 0 Å². The number of hydrogen-bond donors (Lipinski definition) is 3. The molecule has 1 heterocycles. The largest absolute Gasteiger partial charge is 0.493 e. The van der Waals surface area contributed by atoms with E-state index in [0.29, 0.717) is 43.1 Å². The molecule has 0 unspecified atom stereocenters. The summed E-state index contributed by atoms with van der Waals surface area (Å²) in [6.07, 6.45) is 2.62. The molecule has 3 N–H and O–H groups in total. The first-order chi connectivity index (χ1) is 15.9. The molecule has 1 atom stereocenters. The second-order valence-electron chi connectivity index (χ2n) is 8.21. The van der Waals surface area contributed by atoms with Crippen molar-refractivity contribution in [3.63, 3.8) is 0 Å². The van der Waals surface area contributed by atoms with Crippen LogP contribution in [0.25, 0.3) is 0 Å². The zero-order valence-electron chi connectivity index (χ0n) is 18.9. The number of carboxylic acid groups (broad SMARTS) is 1. The lowest BCUT2D eigenvalue weighted by molar-refractivity contribution is -0.138. The Labute approximate surface area is 193 Å². The van der Waals surface area contributed by atoms with Crippen LogP contribution in [0.3, 0.4) is 0 Å². The number of carbonyl (C=O) groups excluding carboxylic acids is 2. The van der Waals surface area contributed by atoms with Gasteiger partial charge in [-0.1, -0.05) is 36.4 Å². The maximum absolute atomic E-state index is 13.0. The molecule has 0 saturated carbocycles. The van der Waals surface area contributed by atoms with Gasteiger partial charge in [-0.25, -0.2) is 0 Å². The first-order valence-corrected chi connectivity index (χ1v) is 11.3. The maximum atomic E-state index is 13.0. The number of fused-ring (bicyclic) bond motifs is 1. The number of carbonyl (C=O) groups is 3. The van der Waals surface area contributed by atoms with Crippen molar-refractivity contribution in [1.29, 1.82) is 0 Å². The van der Waals surface area contributed by atoms with E-state index in [1.165, 1.54) is 6.92 Å². The molecule has 2 aromatic rings. The van der Waals surface area contributed by atoms with E-state index in [1.54, 1.807) is 12.1 Å². The molecule has 176 valence electrons. The highest BCUT2D eigenvalue weighted by molar-refractivity contribution is 5.98. The lowest BCUT2D eigenvalue weighted by Gasteiger charge is -2.25. The quantitative estimate of drug-likeness (QED) is 0.642. The Balaban J connectivity index is 1.95. The van der Waals surface area contributed by atoms with Gasteiger partial charge < -0.3 is 20.5 Å². The molecule has 8 nitrogen and oxygen atoms in total. The van der Waals surface area contributed by atoms with Gasteiger partial charge in [-0.2, -0.15) is 0 Å². The minimum absolute atomic E-state index is 0.0749. The Kier molecular flexibility index (Phi) is 8.83. The third kappa shape index (κ3) is 7.32. The molecule has 33 heavy (non-hydrogen) atoms. The molecule has 1 aliphatic heterocycles. The lowest BCUT2D eigenvalue weighted by Crippen LogP contribution is -2.40. The minimum Gasteiger partial charge on any atom is -0.493 e. The predicted octanol–water partition coefficient (Wildman–Crippen LogP) is 2.57. The molecule has 2 aromatic carbocycles. The Morgan fingerprint density at radius 1 is 1.09 bits per heavy atom. The zero-order chi connectivity index (χ0) is 23.6. The van der Waals surface area contributed by atoms with E-state index in [1.807, 2.05) is 41.3 Å². The Hall–Kier alpha value is -3.39. The number of nitrogens with one attached hydrogen (secondary N) is 2. The number of hydrogen-bond acceptors (Lipinski definition) is 5. The summed E-state index contributed by atoms with van der Waals surface area (Å²) >= 11 is 0. The van der Waals surface area contributed by atoms with Gasteiger partial charge >= 0.3 is 5.97 Å². The summed E-state index contributed by atoms with van der Waals surface area (Å²) in [5.74, 6) is -1.10. The molecule has 0 bridgehead atoms. The molecule has 0 radical (unpaired) electrons. The topological polar surface area (TPSA) is 108 Å². The monoisotopic (exact) mass is 453 g/mol. The van der Waals surface area contributed by atoms with Crippen LogP contribution in [0.5, 0.6) is 5.75 Å². The summed E-state index contributed by atoms with van der Waals surface area (Å²) in [4.78, 5) is 38.8. The van der Waals surface area contributed by atoms with Crippen LogP contribution >= 0.6 is 0 Å². The second-order valence-corrected chi connectivity index (χ2v) is 8.21. The molecule has 0 aromatic heterocycles. The van der Waals surface area contributed by atoms with Gasteiger partial charge in [0.1, 0.15) is 11.8 Å². The molecule has 3 rings (SSSR count). The Bertz CT molecular complexity index is 964. The van der Waals surface area contributed by atoms with Crippen LogP contribution in [0.2, 0.25) is 0 Å². The highest BCUT2D eigenvalue weighted by Crippen LogP contribution is 2.26. The summed E-state index contributed by atoms with van der Waals surface area (Å²) in [6, 6.07) is 14.0. The van der Waals surface area contributed by atoms with Crippen LogP contribution in [0.4, 0.5) is 0 Å². The van der Waals surface area contributed by atoms with Crippen molar-refractivity contribution in [3.05, 3.63) is 65.2 Å². The highest BCUT2D eigenvalue weighted by Gasteiger charge is 2.23. The molecule has 2 amide bonds. The van der Waals surface area contributed by atoms with Gasteiger partial charge in [-0.15, -0.1) is 0 Å². The summed E-state index contributed by atoms with van der Waals surface area (Å²) in [6.45, 7) is 3.50. The maximum Gasteiger partial charge on any atom is 0.325 e. The third-order valence-corrected chi connectivity index (χ3v) is 5.49. The summed E-state index contributed by atoms with van der Waals surface area (Å²) < 4.78 is 6.04. The zero-order valence-corrected chi connectivity index (χ0v) is 18.9. The van der Waals surface area contributed by atoms with Gasteiger partial charge in [0.2, 0.25) is 5.91 Å². The number of nitrogens with zero attached hydrogens (tertiary/aromatic N) is 1. The van der Waals surface area contributed by atoms with E-state index >= 15 is 0 Å². The van der Waals surface area contributed by atoms with Crippen molar-refractivity contribution >= 4 is 17.8 Å². The van der Waals surface area contributed by atoms with E-state index in [0.717, 1.165) is 24.8 Å². The summed E-state index contributed by atoms with van der Waals surface area (Å²) in [5, 5.41) is 14.7. The fraction of sp³-hybridized carbons (Fsp3) is 0.400. The van der Waals surface area contributed by atoms with Crippen molar-refractivity contribution in [3.8, 4) is 5.75 Å². The van der Waals surface area contributed by atoms with E-state index in [4.69, 9.17) is 4.74 Å². The van der Waals surface area contributed by atoms with Crippen LogP contribution in [0.1, 0.15) is 47.7 Å². The van der Waals surface area contributed by atoms with Gasteiger partial charge in [0.15, 0.2) is 0 Å². The Morgan fingerprint density at radius 2 is 1.88 bits per heavy atom. The Morgan fingerprint density at radius 3 is 2.64 bits per heavy atom. The van der Waals surface area contributed by atoms with Crippen molar-refractivity contribution in [2.75, 3.05) is 19.7 Å². The first-order valence-electron chi connectivity index (χ1n) is 11.3. The van der Waals surface area contributed by atoms with Crippen molar-refractivity contribution in [2.24, 2.45) is 0 Å². The highest BCUT2D eigenvalue weighted by atomic mass is 16.5. The third-order valence-electron chi connectivity index (χ3n) is 5.49. The SMILES string of the molecule is C[C@H](NC(=O)c1cccc2c1CN(Cc1ccccc1)CC(=O)NCCCCCO2)C(=O)O. The lowest BCUT2D eigenvalue weighted by atomic mass is 10.0. The van der Waals surface area contributed by atoms with Crippen LogP contribution in [-0.2, 0) is 22.7 Å². The molecular formula is C25H31N3O5. The number of carboxylic acids is 1.